The van der Waals surface area contributed by atoms with Crippen LogP contribution in [0.3, 0.4) is 0 Å². The molecule has 2 aromatic rings. The van der Waals surface area contributed by atoms with Gasteiger partial charge >= 0.3 is 0 Å². The van der Waals surface area contributed by atoms with Gasteiger partial charge in [-0.05, 0) is 49.1 Å². The van der Waals surface area contributed by atoms with Gasteiger partial charge in [-0.3, -0.25) is 4.98 Å². The molecule has 0 bridgehead atoms. The average molecular weight is 273 g/mol. The zero-order chi connectivity index (χ0) is 13.2. The van der Waals surface area contributed by atoms with Gasteiger partial charge < -0.3 is 5.32 Å². The van der Waals surface area contributed by atoms with Crippen molar-refractivity contribution in [2.75, 3.05) is 0 Å². The third-order valence-electron chi connectivity index (χ3n) is 3.76. The minimum Gasteiger partial charge on any atom is -0.302 e. The third kappa shape index (κ3) is 2.65. The molecular formula is C16H17ClN2. The monoisotopic (exact) mass is 272 g/mol. The van der Waals surface area contributed by atoms with E-state index < -0.39 is 0 Å². The quantitative estimate of drug-likeness (QED) is 0.911. The van der Waals surface area contributed by atoms with E-state index in [2.05, 4.69) is 29.4 Å². The molecule has 1 aliphatic rings. The lowest BCUT2D eigenvalue weighted by atomic mass is 10.1. The normalized spacial score (nSPS) is 19.2. The molecule has 1 heterocycles. The summed E-state index contributed by atoms with van der Waals surface area (Å²) < 4.78 is 0. The lowest BCUT2D eigenvalue weighted by molar-refractivity contribution is 0.458. The van der Waals surface area contributed by atoms with E-state index in [4.69, 9.17) is 11.6 Å². The maximum absolute atomic E-state index is 6.05. The molecule has 0 saturated carbocycles. The Morgan fingerprint density at radius 3 is 3.05 bits per heavy atom. The van der Waals surface area contributed by atoms with E-state index in [-0.39, 0.29) is 6.04 Å². The van der Waals surface area contributed by atoms with E-state index in [1.54, 1.807) is 0 Å². The van der Waals surface area contributed by atoms with Crippen molar-refractivity contribution < 1.29 is 0 Å². The van der Waals surface area contributed by atoms with Crippen LogP contribution in [0, 0.1) is 0 Å². The molecule has 0 fully saturated rings. The van der Waals surface area contributed by atoms with Crippen LogP contribution in [0.25, 0.3) is 0 Å². The highest BCUT2D eigenvalue weighted by Gasteiger charge is 2.24. The van der Waals surface area contributed by atoms with Crippen LogP contribution < -0.4 is 5.32 Å². The molecule has 19 heavy (non-hydrogen) atoms. The van der Waals surface area contributed by atoms with E-state index in [9.17, 15) is 0 Å². The Morgan fingerprint density at radius 2 is 2.21 bits per heavy atom. The van der Waals surface area contributed by atoms with Crippen LogP contribution in [0.1, 0.15) is 42.2 Å². The Labute approximate surface area is 118 Å². The molecule has 3 rings (SSSR count). The highest BCUT2D eigenvalue weighted by molar-refractivity contribution is 6.30. The van der Waals surface area contributed by atoms with Crippen LogP contribution in [0.2, 0.25) is 5.02 Å². The largest absolute Gasteiger partial charge is 0.302 e. The summed E-state index contributed by atoms with van der Waals surface area (Å²) in [7, 11) is 0. The van der Waals surface area contributed by atoms with Crippen molar-refractivity contribution in [2.45, 2.75) is 31.8 Å². The molecule has 3 heteroatoms. The summed E-state index contributed by atoms with van der Waals surface area (Å²) in [6, 6.07) is 12.9. The number of nitrogens with zero attached hydrogens (tertiary/aromatic N) is 1. The van der Waals surface area contributed by atoms with Crippen LogP contribution in [0.5, 0.6) is 0 Å². The summed E-state index contributed by atoms with van der Waals surface area (Å²) >= 11 is 6.05. The fourth-order valence-electron chi connectivity index (χ4n) is 2.75. The Bertz CT molecular complexity index is 582. The Balaban J connectivity index is 1.76. The van der Waals surface area contributed by atoms with Crippen molar-refractivity contribution in [1.29, 1.82) is 0 Å². The molecule has 1 aliphatic carbocycles. The highest BCUT2D eigenvalue weighted by Crippen LogP contribution is 2.31. The average Bonchev–Trinajstić information content (AvgIpc) is 2.82. The van der Waals surface area contributed by atoms with Gasteiger partial charge in [-0.15, -0.1) is 0 Å². The number of benzene rings is 1. The predicted molar refractivity (Wildman–Crippen MR) is 78.3 cm³/mol. The van der Waals surface area contributed by atoms with Gasteiger partial charge in [-0.2, -0.15) is 0 Å². The summed E-state index contributed by atoms with van der Waals surface area (Å²) in [6.45, 7) is 2.17. The van der Waals surface area contributed by atoms with Gasteiger partial charge in [-0.1, -0.05) is 29.8 Å². The number of fused-ring (bicyclic) bond motifs is 1. The second-order valence-electron chi connectivity index (χ2n) is 5.08. The molecule has 0 saturated heterocycles. The molecule has 1 N–H and O–H groups in total. The summed E-state index contributed by atoms with van der Waals surface area (Å²) in [6.07, 6.45) is 4.11. The summed E-state index contributed by atoms with van der Waals surface area (Å²) in [5.41, 5.74) is 3.80. The minimum absolute atomic E-state index is 0.275. The topological polar surface area (TPSA) is 24.9 Å². The van der Waals surface area contributed by atoms with Crippen LogP contribution >= 0.6 is 11.6 Å². The Hall–Kier alpha value is -1.38. The van der Waals surface area contributed by atoms with Gasteiger partial charge in [0.05, 0.1) is 11.7 Å². The molecule has 1 aromatic carbocycles. The Morgan fingerprint density at radius 1 is 1.32 bits per heavy atom. The first-order valence-electron chi connectivity index (χ1n) is 6.69. The molecule has 0 spiro atoms. The zero-order valence-corrected chi connectivity index (χ0v) is 11.7. The van der Waals surface area contributed by atoms with E-state index in [0.29, 0.717) is 6.04 Å². The van der Waals surface area contributed by atoms with Crippen LogP contribution in [0.4, 0.5) is 0 Å². The first-order chi connectivity index (χ1) is 9.24. The molecule has 0 amide bonds. The van der Waals surface area contributed by atoms with Crippen molar-refractivity contribution >= 4 is 11.6 Å². The van der Waals surface area contributed by atoms with E-state index in [0.717, 1.165) is 17.9 Å². The van der Waals surface area contributed by atoms with Crippen molar-refractivity contribution in [2.24, 2.45) is 0 Å². The van der Waals surface area contributed by atoms with Crippen LogP contribution in [-0.2, 0) is 6.42 Å². The second-order valence-corrected chi connectivity index (χ2v) is 5.52. The van der Waals surface area contributed by atoms with E-state index >= 15 is 0 Å². The number of pyridine rings is 1. The van der Waals surface area contributed by atoms with Crippen molar-refractivity contribution in [3.8, 4) is 0 Å². The lowest BCUT2D eigenvalue weighted by Gasteiger charge is -2.20. The van der Waals surface area contributed by atoms with Crippen LogP contribution in [0.15, 0.2) is 42.6 Å². The standard InChI is InChI=1S/C16H17ClN2/c1-11(13-4-2-6-14(17)10-13)19-15-8-7-12-5-3-9-18-16(12)15/h2-6,9-11,15,19H,7-8H2,1H3/t11-,15?/m1/s1. The molecule has 0 aliphatic heterocycles. The minimum atomic E-state index is 0.275. The summed E-state index contributed by atoms with van der Waals surface area (Å²) in [5.74, 6) is 0. The number of aromatic nitrogens is 1. The van der Waals surface area contributed by atoms with Gasteiger partial charge in [0.15, 0.2) is 0 Å². The van der Waals surface area contributed by atoms with Gasteiger partial charge in [0, 0.05) is 17.3 Å². The molecule has 2 atom stereocenters. The predicted octanol–water partition coefficient (Wildman–Crippen LogP) is 4.07. The van der Waals surface area contributed by atoms with Gasteiger partial charge in [0.2, 0.25) is 0 Å². The Kier molecular flexibility index (Phi) is 3.54. The number of halogens is 1. The number of hydrogen-bond donors (Lipinski definition) is 1. The lowest BCUT2D eigenvalue weighted by Crippen LogP contribution is -2.23. The molecular weight excluding hydrogens is 256 g/mol. The van der Waals surface area contributed by atoms with Crippen molar-refractivity contribution in [3.63, 3.8) is 0 Å². The van der Waals surface area contributed by atoms with Gasteiger partial charge in [-0.25, -0.2) is 0 Å². The first-order valence-corrected chi connectivity index (χ1v) is 7.07. The SMILES string of the molecule is C[C@@H](NC1CCc2cccnc21)c1cccc(Cl)c1. The van der Waals surface area contributed by atoms with Gasteiger partial charge in [0.1, 0.15) is 0 Å². The second kappa shape index (κ2) is 5.32. The number of rotatable bonds is 3. The fraction of sp³-hybridized carbons (Fsp3) is 0.312. The summed E-state index contributed by atoms with van der Waals surface area (Å²) in [4.78, 5) is 4.52. The number of aryl methyl sites for hydroxylation is 1. The van der Waals surface area contributed by atoms with Crippen LogP contribution in [-0.4, -0.2) is 4.98 Å². The van der Waals surface area contributed by atoms with E-state index in [1.165, 1.54) is 16.8 Å². The zero-order valence-electron chi connectivity index (χ0n) is 10.9. The van der Waals surface area contributed by atoms with Crippen molar-refractivity contribution in [3.05, 3.63) is 64.4 Å². The smallest absolute Gasteiger partial charge is 0.0605 e. The molecule has 1 unspecified atom stereocenters. The fourth-order valence-corrected chi connectivity index (χ4v) is 2.95. The summed E-state index contributed by atoms with van der Waals surface area (Å²) in [5, 5.41) is 4.45. The third-order valence-corrected chi connectivity index (χ3v) is 3.99. The maximum atomic E-state index is 6.05. The highest BCUT2D eigenvalue weighted by atomic mass is 35.5. The maximum Gasteiger partial charge on any atom is 0.0605 e. The molecule has 98 valence electrons. The molecule has 1 aromatic heterocycles. The number of hydrogen-bond acceptors (Lipinski definition) is 2. The first kappa shape index (κ1) is 12.6. The van der Waals surface area contributed by atoms with E-state index in [1.807, 2.05) is 30.5 Å². The van der Waals surface area contributed by atoms with Gasteiger partial charge in [0.25, 0.3) is 0 Å². The molecule has 2 nitrogen and oxygen atoms in total. The molecule has 0 radical (unpaired) electrons. The number of nitrogens with one attached hydrogen (secondary N) is 1. The van der Waals surface area contributed by atoms with Crippen molar-refractivity contribution in [1.82, 2.24) is 10.3 Å².